The van der Waals surface area contributed by atoms with Crippen molar-refractivity contribution in [2.75, 3.05) is 5.32 Å². The molecule has 16 heavy (non-hydrogen) atoms. The minimum absolute atomic E-state index is 0.288. The Kier molecular flexibility index (Phi) is 3.12. The normalized spacial score (nSPS) is 9.81. The average molecular weight is 234 g/mol. The topological polar surface area (TPSA) is 54.9 Å². The molecular formula is C11H8ClN3O. The maximum atomic E-state index is 11.8. The van der Waals surface area contributed by atoms with E-state index >= 15 is 0 Å². The molecule has 1 aromatic carbocycles. The zero-order valence-electron chi connectivity index (χ0n) is 8.22. The molecule has 1 aromatic heterocycles. The zero-order valence-corrected chi connectivity index (χ0v) is 8.98. The highest BCUT2D eigenvalue weighted by atomic mass is 35.5. The average Bonchev–Trinajstić information content (AvgIpc) is 2.31. The summed E-state index contributed by atoms with van der Waals surface area (Å²) in [4.78, 5) is 19.4. The SMILES string of the molecule is O=C(Nc1ccncn1)c1ccccc1Cl. The van der Waals surface area contributed by atoms with E-state index < -0.39 is 0 Å². The molecule has 80 valence electrons. The van der Waals surface area contributed by atoms with Crippen LogP contribution in [0.4, 0.5) is 5.82 Å². The van der Waals surface area contributed by atoms with Crippen LogP contribution in [0.3, 0.4) is 0 Å². The van der Waals surface area contributed by atoms with Gasteiger partial charge in [0.25, 0.3) is 5.91 Å². The fraction of sp³-hybridized carbons (Fsp3) is 0. The Balaban J connectivity index is 2.19. The fourth-order valence-electron chi connectivity index (χ4n) is 1.19. The Morgan fingerprint density at radius 1 is 1.25 bits per heavy atom. The Labute approximate surface area is 97.3 Å². The van der Waals surface area contributed by atoms with E-state index in [0.717, 1.165) is 0 Å². The number of carbonyl (C=O) groups excluding carboxylic acids is 1. The van der Waals surface area contributed by atoms with E-state index in [1.165, 1.54) is 6.33 Å². The van der Waals surface area contributed by atoms with Gasteiger partial charge in [-0.1, -0.05) is 23.7 Å². The molecule has 0 spiro atoms. The van der Waals surface area contributed by atoms with Crippen molar-refractivity contribution >= 4 is 23.3 Å². The number of carbonyl (C=O) groups is 1. The van der Waals surface area contributed by atoms with Gasteiger partial charge >= 0.3 is 0 Å². The van der Waals surface area contributed by atoms with E-state index in [-0.39, 0.29) is 5.91 Å². The monoisotopic (exact) mass is 233 g/mol. The first-order valence-electron chi connectivity index (χ1n) is 4.59. The van der Waals surface area contributed by atoms with Gasteiger partial charge in [-0.2, -0.15) is 0 Å². The lowest BCUT2D eigenvalue weighted by Gasteiger charge is -2.04. The second kappa shape index (κ2) is 4.72. The number of benzene rings is 1. The number of rotatable bonds is 2. The predicted octanol–water partition coefficient (Wildman–Crippen LogP) is 2.38. The summed E-state index contributed by atoms with van der Waals surface area (Å²) in [6.45, 7) is 0. The Hall–Kier alpha value is -1.94. The van der Waals surface area contributed by atoms with Gasteiger partial charge in [0, 0.05) is 6.20 Å². The number of anilines is 1. The van der Waals surface area contributed by atoms with Crippen LogP contribution in [0.25, 0.3) is 0 Å². The van der Waals surface area contributed by atoms with Gasteiger partial charge in [0.05, 0.1) is 10.6 Å². The molecule has 1 N–H and O–H groups in total. The summed E-state index contributed by atoms with van der Waals surface area (Å²) in [5.41, 5.74) is 0.419. The van der Waals surface area contributed by atoms with E-state index in [4.69, 9.17) is 11.6 Å². The summed E-state index contributed by atoms with van der Waals surface area (Å²) in [5, 5.41) is 3.04. The maximum absolute atomic E-state index is 11.8. The molecule has 0 bridgehead atoms. The van der Waals surface area contributed by atoms with Crippen LogP contribution in [0.2, 0.25) is 5.02 Å². The summed E-state index contributed by atoms with van der Waals surface area (Å²) in [7, 11) is 0. The Morgan fingerprint density at radius 3 is 2.75 bits per heavy atom. The molecular weight excluding hydrogens is 226 g/mol. The third kappa shape index (κ3) is 2.35. The van der Waals surface area contributed by atoms with Crippen LogP contribution in [-0.4, -0.2) is 15.9 Å². The number of nitrogens with zero attached hydrogens (tertiary/aromatic N) is 2. The molecule has 5 heteroatoms. The predicted molar refractivity (Wildman–Crippen MR) is 61.4 cm³/mol. The molecule has 0 atom stereocenters. The highest BCUT2D eigenvalue weighted by molar-refractivity contribution is 6.34. The third-order valence-corrected chi connectivity index (χ3v) is 2.27. The van der Waals surface area contributed by atoms with Crippen LogP contribution in [-0.2, 0) is 0 Å². The van der Waals surface area contributed by atoms with Crippen molar-refractivity contribution in [3.63, 3.8) is 0 Å². The summed E-state index contributed by atoms with van der Waals surface area (Å²) in [5.74, 6) is 0.157. The Bertz CT molecular complexity index is 502. The molecule has 0 radical (unpaired) electrons. The fourth-order valence-corrected chi connectivity index (χ4v) is 1.42. The van der Waals surface area contributed by atoms with Crippen molar-refractivity contribution in [3.05, 3.63) is 53.4 Å². The van der Waals surface area contributed by atoms with E-state index in [1.54, 1.807) is 36.5 Å². The highest BCUT2D eigenvalue weighted by Gasteiger charge is 2.09. The quantitative estimate of drug-likeness (QED) is 0.867. The smallest absolute Gasteiger partial charge is 0.258 e. The van der Waals surface area contributed by atoms with E-state index in [0.29, 0.717) is 16.4 Å². The van der Waals surface area contributed by atoms with Crippen LogP contribution in [0.1, 0.15) is 10.4 Å². The first-order valence-corrected chi connectivity index (χ1v) is 4.97. The summed E-state index contributed by atoms with van der Waals surface area (Å²) in [6.07, 6.45) is 2.91. The van der Waals surface area contributed by atoms with Gasteiger partial charge in [-0.25, -0.2) is 9.97 Å². The van der Waals surface area contributed by atoms with Crippen LogP contribution >= 0.6 is 11.6 Å². The second-order valence-corrected chi connectivity index (χ2v) is 3.44. The number of amides is 1. The summed E-state index contributed by atoms with van der Waals surface area (Å²) in [6, 6.07) is 8.44. The van der Waals surface area contributed by atoms with Gasteiger partial charge in [0.15, 0.2) is 0 Å². The van der Waals surface area contributed by atoms with Gasteiger partial charge in [0.1, 0.15) is 12.1 Å². The summed E-state index contributed by atoms with van der Waals surface area (Å²) >= 11 is 5.89. The lowest BCUT2D eigenvalue weighted by atomic mass is 10.2. The van der Waals surface area contributed by atoms with Gasteiger partial charge in [0.2, 0.25) is 0 Å². The lowest BCUT2D eigenvalue weighted by molar-refractivity contribution is 0.102. The van der Waals surface area contributed by atoms with Crippen LogP contribution < -0.4 is 5.32 Å². The first kappa shape index (κ1) is 10.6. The van der Waals surface area contributed by atoms with Crippen molar-refractivity contribution in [3.8, 4) is 0 Å². The third-order valence-electron chi connectivity index (χ3n) is 1.94. The molecule has 0 saturated carbocycles. The molecule has 1 heterocycles. The van der Waals surface area contributed by atoms with Crippen molar-refractivity contribution < 1.29 is 4.79 Å². The number of nitrogens with one attached hydrogen (secondary N) is 1. The number of aromatic nitrogens is 2. The van der Waals surface area contributed by atoms with Crippen molar-refractivity contribution in [1.82, 2.24) is 9.97 Å². The Morgan fingerprint density at radius 2 is 2.06 bits per heavy atom. The molecule has 1 amide bonds. The van der Waals surface area contributed by atoms with Crippen LogP contribution in [0.15, 0.2) is 42.9 Å². The standard InChI is InChI=1S/C11H8ClN3O/c12-9-4-2-1-3-8(9)11(16)15-10-5-6-13-7-14-10/h1-7H,(H,13,14,15,16). The van der Waals surface area contributed by atoms with Gasteiger partial charge in [-0.05, 0) is 18.2 Å². The number of hydrogen-bond acceptors (Lipinski definition) is 3. The minimum atomic E-state index is -0.288. The van der Waals surface area contributed by atoms with Gasteiger partial charge in [-0.15, -0.1) is 0 Å². The van der Waals surface area contributed by atoms with Gasteiger partial charge < -0.3 is 5.32 Å². The van der Waals surface area contributed by atoms with E-state index in [1.807, 2.05) is 0 Å². The molecule has 0 aliphatic rings. The highest BCUT2D eigenvalue weighted by Crippen LogP contribution is 2.15. The molecule has 2 rings (SSSR count). The van der Waals surface area contributed by atoms with Crippen molar-refractivity contribution in [2.45, 2.75) is 0 Å². The summed E-state index contributed by atoms with van der Waals surface area (Å²) < 4.78 is 0. The molecule has 0 unspecified atom stereocenters. The van der Waals surface area contributed by atoms with Crippen molar-refractivity contribution in [2.24, 2.45) is 0 Å². The second-order valence-electron chi connectivity index (χ2n) is 3.03. The van der Waals surface area contributed by atoms with Gasteiger partial charge in [-0.3, -0.25) is 4.79 Å². The van der Waals surface area contributed by atoms with Crippen LogP contribution in [0, 0.1) is 0 Å². The van der Waals surface area contributed by atoms with E-state index in [2.05, 4.69) is 15.3 Å². The first-order chi connectivity index (χ1) is 7.77. The largest absolute Gasteiger partial charge is 0.306 e. The number of hydrogen-bond donors (Lipinski definition) is 1. The zero-order chi connectivity index (χ0) is 11.4. The molecule has 4 nitrogen and oxygen atoms in total. The number of halogens is 1. The molecule has 2 aromatic rings. The molecule has 0 aliphatic heterocycles. The maximum Gasteiger partial charge on any atom is 0.258 e. The lowest BCUT2D eigenvalue weighted by Crippen LogP contribution is -2.13. The van der Waals surface area contributed by atoms with E-state index in [9.17, 15) is 4.79 Å². The van der Waals surface area contributed by atoms with Crippen molar-refractivity contribution in [1.29, 1.82) is 0 Å². The molecule has 0 saturated heterocycles. The molecule has 0 fully saturated rings. The molecule has 0 aliphatic carbocycles. The van der Waals surface area contributed by atoms with Crippen LogP contribution in [0.5, 0.6) is 0 Å². The minimum Gasteiger partial charge on any atom is -0.306 e.